The van der Waals surface area contributed by atoms with E-state index in [0.717, 1.165) is 0 Å². The summed E-state index contributed by atoms with van der Waals surface area (Å²) in [6.07, 6.45) is 0. The van der Waals surface area contributed by atoms with Crippen LogP contribution in [0.15, 0.2) is 0 Å². The molecule has 0 amide bonds. The van der Waals surface area contributed by atoms with E-state index < -0.39 is 5.97 Å². The normalized spacial score (nSPS) is 7.62. The number of nitrogens with one attached hydrogen (secondary N) is 1. The minimum absolute atomic E-state index is 0. The van der Waals surface area contributed by atoms with Crippen molar-refractivity contribution in [1.29, 1.82) is 0 Å². The molecule has 0 atom stereocenters. The maximum atomic E-state index is 9.70. The number of hydrogen-bond donors (Lipinski definition) is 2. The first-order valence-electron chi connectivity index (χ1n) is 2.20. The Kier molecular flexibility index (Phi) is 11.0. The van der Waals surface area contributed by atoms with Crippen molar-refractivity contribution in [3.05, 3.63) is 0 Å². The molecule has 3 nitrogen and oxygen atoms in total. The monoisotopic (exact) mass is 145 g/mol. The molecule has 0 aliphatic carbocycles. The van der Waals surface area contributed by atoms with Crippen LogP contribution in [-0.2, 0) is 4.79 Å². The second-order valence-corrected chi connectivity index (χ2v) is 1.17. The third-order valence-electron chi connectivity index (χ3n) is 0.526. The molecule has 0 aliphatic heterocycles. The molecule has 0 aromatic carbocycles. The molecule has 0 heterocycles. The Morgan fingerprint density at radius 2 is 2.38 bits per heavy atom. The first kappa shape index (κ1) is 11.5. The Labute approximate surface area is 81.4 Å². The molecule has 0 fully saturated rings. The van der Waals surface area contributed by atoms with Gasteiger partial charge in [-0.2, -0.15) is 0 Å². The van der Waals surface area contributed by atoms with Crippen LogP contribution < -0.4 is 5.32 Å². The molecule has 0 aliphatic rings. The van der Waals surface area contributed by atoms with Crippen molar-refractivity contribution in [2.24, 2.45) is 0 Å². The summed E-state index contributed by atoms with van der Waals surface area (Å²) in [6.45, 7) is 2.64. The fourth-order valence-electron chi connectivity index (χ4n) is 0.232. The zero-order chi connectivity index (χ0) is 5.70. The van der Waals surface area contributed by atoms with Gasteiger partial charge in [-0.3, -0.25) is 4.79 Å². The van der Waals surface area contributed by atoms with Crippen LogP contribution in [0.3, 0.4) is 0 Å². The second kappa shape index (κ2) is 7.69. The van der Waals surface area contributed by atoms with Crippen molar-refractivity contribution in [1.82, 2.24) is 5.32 Å². The summed E-state index contributed by atoms with van der Waals surface area (Å²) in [5.41, 5.74) is 0. The van der Waals surface area contributed by atoms with Crippen LogP contribution in [0.2, 0.25) is 0 Å². The average molecular weight is 145 g/mol. The molecule has 0 saturated heterocycles. The molecule has 46 valence electrons. The molecule has 0 spiro atoms. The van der Waals surface area contributed by atoms with Crippen molar-refractivity contribution in [3.8, 4) is 0 Å². The van der Waals surface area contributed by atoms with Crippen LogP contribution in [0.4, 0.5) is 0 Å². The van der Waals surface area contributed by atoms with Gasteiger partial charge in [-0.25, -0.2) is 0 Å². The number of aliphatic carboxylic acids is 1. The summed E-state index contributed by atoms with van der Waals surface area (Å²) in [5, 5.41) is 10.6. The first-order chi connectivity index (χ1) is 3.27. The Morgan fingerprint density at radius 3 is 2.50 bits per heavy atom. The number of hydrogen-bond acceptors (Lipinski definition) is 2. The first-order valence-corrected chi connectivity index (χ1v) is 2.20. The van der Waals surface area contributed by atoms with E-state index in [1.165, 1.54) is 0 Å². The van der Waals surface area contributed by atoms with Crippen molar-refractivity contribution >= 4 is 43.7 Å². The van der Waals surface area contributed by atoms with Crippen LogP contribution >= 0.6 is 0 Å². The molecule has 0 aromatic heterocycles. The van der Waals surface area contributed by atoms with Gasteiger partial charge in [0.2, 0.25) is 0 Å². The number of likely N-dealkylation sites (N-methyl/N-ethyl adjacent to an activating group) is 1. The van der Waals surface area contributed by atoms with E-state index in [2.05, 4.69) is 5.32 Å². The van der Waals surface area contributed by atoms with Crippen molar-refractivity contribution in [3.63, 3.8) is 0 Å². The van der Waals surface area contributed by atoms with Gasteiger partial charge in [0.25, 0.3) is 0 Å². The van der Waals surface area contributed by atoms with Gasteiger partial charge in [0, 0.05) is 0 Å². The molecule has 4 heteroatoms. The summed E-state index contributed by atoms with van der Waals surface area (Å²) in [6, 6.07) is 0. The van der Waals surface area contributed by atoms with E-state index in [0.29, 0.717) is 6.54 Å². The van der Waals surface area contributed by atoms with Crippen LogP contribution in [0.1, 0.15) is 9.78 Å². The average Bonchev–Trinajstić information content (AvgIpc) is 1.61. The SMILES string of the molecule is CCNCC(=O)O.[Ca+2].[H-].[H-]. The minimum Gasteiger partial charge on any atom is -1.00 e. The smallest absolute Gasteiger partial charge is 1.00 e. The minimum atomic E-state index is -0.804. The van der Waals surface area contributed by atoms with Crippen molar-refractivity contribution in [2.75, 3.05) is 13.1 Å². The van der Waals surface area contributed by atoms with Gasteiger partial charge in [-0.1, -0.05) is 6.92 Å². The molecule has 2 N–H and O–H groups in total. The van der Waals surface area contributed by atoms with E-state index in [9.17, 15) is 4.79 Å². The van der Waals surface area contributed by atoms with E-state index in [-0.39, 0.29) is 47.1 Å². The van der Waals surface area contributed by atoms with Gasteiger partial charge in [0.1, 0.15) is 0 Å². The second-order valence-electron chi connectivity index (χ2n) is 1.17. The van der Waals surface area contributed by atoms with Gasteiger partial charge < -0.3 is 13.3 Å². The Hall–Kier alpha value is 0.690. The molecule has 0 rings (SSSR count). The van der Waals surface area contributed by atoms with Crippen LogP contribution in [0, 0.1) is 0 Å². The van der Waals surface area contributed by atoms with E-state index in [4.69, 9.17) is 5.11 Å². The fourth-order valence-corrected chi connectivity index (χ4v) is 0.232. The fraction of sp³-hybridized carbons (Fsp3) is 0.750. The predicted molar refractivity (Wildman–Crippen MR) is 34.2 cm³/mol. The summed E-state index contributed by atoms with van der Waals surface area (Å²) in [7, 11) is 0. The molecule has 8 heavy (non-hydrogen) atoms. The molecule has 0 aromatic rings. The summed E-state index contributed by atoms with van der Waals surface area (Å²) >= 11 is 0. The van der Waals surface area contributed by atoms with Gasteiger partial charge >= 0.3 is 43.7 Å². The molecular weight excluding hydrogens is 134 g/mol. The van der Waals surface area contributed by atoms with Gasteiger partial charge in [-0.05, 0) is 6.54 Å². The Bertz CT molecular complexity index is 74.3. The van der Waals surface area contributed by atoms with Gasteiger partial charge in [0.15, 0.2) is 0 Å². The largest absolute Gasteiger partial charge is 2.00 e. The molecule has 0 bridgehead atoms. The summed E-state index contributed by atoms with van der Waals surface area (Å²) in [5.74, 6) is -0.804. The number of carbonyl (C=O) groups is 1. The zero-order valence-corrected chi connectivity index (χ0v) is 7.19. The van der Waals surface area contributed by atoms with Crippen molar-refractivity contribution in [2.45, 2.75) is 6.92 Å². The number of rotatable bonds is 3. The quantitative estimate of drug-likeness (QED) is 0.528. The maximum absolute atomic E-state index is 9.70. The maximum Gasteiger partial charge on any atom is 2.00 e. The molecule has 0 radical (unpaired) electrons. The van der Waals surface area contributed by atoms with E-state index >= 15 is 0 Å². The Morgan fingerprint density at radius 1 is 1.88 bits per heavy atom. The zero-order valence-electron chi connectivity index (χ0n) is 6.98. The standard InChI is InChI=1S/C4H9NO2.Ca.2H/c1-2-5-3-4(6)7;;;/h5H,2-3H2,1H3,(H,6,7);;;/q;+2;2*-1. The molecular formula is C4H11CaNO2. The van der Waals surface area contributed by atoms with Crippen molar-refractivity contribution < 1.29 is 12.8 Å². The van der Waals surface area contributed by atoms with E-state index in [1.807, 2.05) is 6.92 Å². The van der Waals surface area contributed by atoms with Crippen LogP contribution in [0.5, 0.6) is 0 Å². The van der Waals surface area contributed by atoms with Crippen LogP contribution in [0.25, 0.3) is 0 Å². The Balaban J connectivity index is -0.0000000600. The number of carboxylic acids is 1. The molecule has 0 unspecified atom stereocenters. The van der Waals surface area contributed by atoms with Gasteiger partial charge in [0.05, 0.1) is 6.54 Å². The van der Waals surface area contributed by atoms with E-state index in [1.54, 1.807) is 0 Å². The predicted octanol–water partition coefficient (Wildman–Crippen LogP) is -0.475. The van der Waals surface area contributed by atoms with Crippen LogP contribution in [-0.4, -0.2) is 61.9 Å². The topological polar surface area (TPSA) is 49.3 Å². The number of carboxylic acid groups (broad SMARTS) is 1. The summed E-state index contributed by atoms with van der Waals surface area (Å²) in [4.78, 5) is 9.70. The third-order valence-corrected chi connectivity index (χ3v) is 0.526. The van der Waals surface area contributed by atoms with Gasteiger partial charge in [-0.15, -0.1) is 0 Å². The third kappa shape index (κ3) is 9.85. The molecule has 0 saturated carbocycles. The summed E-state index contributed by atoms with van der Waals surface area (Å²) < 4.78 is 0.